The molecule has 0 bridgehead atoms. The first-order valence-electron chi connectivity index (χ1n) is 14.4. The van der Waals surface area contributed by atoms with Crippen LogP contribution in [0.15, 0.2) is 41.7 Å². The highest BCUT2D eigenvalue weighted by Crippen LogP contribution is 2.52. The number of hydrogen-bond donors (Lipinski definition) is 2. The quantitative estimate of drug-likeness (QED) is 0.151. The number of alkyl halides is 2. The second-order valence-corrected chi connectivity index (χ2v) is 12.6. The van der Waals surface area contributed by atoms with E-state index >= 15 is 8.78 Å². The molecule has 3 aromatic rings. The van der Waals surface area contributed by atoms with Crippen molar-refractivity contribution in [2.75, 3.05) is 13.2 Å². The van der Waals surface area contributed by atoms with Crippen LogP contribution < -0.4 is 14.3 Å². The molecule has 1 aromatic carbocycles. The van der Waals surface area contributed by atoms with Crippen molar-refractivity contribution in [3.05, 3.63) is 36.7 Å². The van der Waals surface area contributed by atoms with E-state index in [1.165, 1.54) is 19.1 Å². The van der Waals surface area contributed by atoms with Gasteiger partial charge in [-0.25, -0.2) is 23.3 Å². The molecule has 244 valence electrons. The Morgan fingerprint density at radius 3 is 2.67 bits per heavy atom. The minimum Gasteiger partial charge on any atom is -0.476 e. The molecule has 0 amide bonds. The van der Waals surface area contributed by atoms with E-state index in [1.54, 1.807) is 25.1 Å². The molecule has 3 heterocycles. The van der Waals surface area contributed by atoms with E-state index in [-0.39, 0.29) is 41.5 Å². The van der Waals surface area contributed by atoms with Crippen LogP contribution in [0.3, 0.4) is 0 Å². The Hall–Kier alpha value is -3.56. The predicted octanol–water partition coefficient (Wildman–Crippen LogP) is 4.51. The number of para-hydroxylation sites is 1. The number of aromatic nitrogens is 4. The number of aliphatic imine (C=N–C) groups is 1. The first-order chi connectivity index (χ1) is 21.4. The molecule has 17 heteroatoms. The number of imidazole rings is 1. The summed E-state index contributed by atoms with van der Waals surface area (Å²) in [6.07, 6.45) is -0.146. The Labute approximate surface area is 257 Å². The summed E-state index contributed by atoms with van der Waals surface area (Å²) in [7, 11) is -4.58. The lowest BCUT2D eigenvalue weighted by atomic mass is 9.97. The van der Waals surface area contributed by atoms with E-state index < -0.39 is 50.2 Å². The maximum absolute atomic E-state index is 16.4. The third-order valence-electron chi connectivity index (χ3n) is 7.48. The van der Waals surface area contributed by atoms with Gasteiger partial charge >= 0.3 is 13.7 Å². The Balaban J connectivity index is 1.39. The van der Waals surface area contributed by atoms with Crippen molar-refractivity contribution in [3.8, 4) is 11.6 Å². The summed E-state index contributed by atoms with van der Waals surface area (Å²) in [5.74, 6) is -3.99. The molecule has 1 aliphatic heterocycles. The van der Waals surface area contributed by atoms with Crippen molar-refractivity contribution < 1.29 is 46.5 Å². The van der Waals surface area contributed by atoms with Crippen molar-refractivity contribution in [1.82, 2.24) is 24.6 Å². The van der Waals surface area contributed by atoms with E-state index in [4.69, 9.17) is 23.3 Å². The van der Waals surface area contributed by atoms with Gasteiger partial charge in [-0.1, -0.05) is 18.2 Å². The zero-order valence-corrected chi connectivity index (χ0v) is 25.9. The maximum atomic E-state index is 16.4. The molecule has 2 fully saturated rings. The lowest BCUT2D eigenvalue weighted by Crippen LogP contribution is -2.47. The molecule has 6 atom stereocenters. The van der Waals surface area contributed by atoms with Crippen molar-refractivity contribution >= 4 is 37.5 Å². The number of rotatable bonds is 13. The van der Waals surface area contributed by atoms with Crippen molar-refractivity contribution in [2.24, 2.45) is 4.99 Å². The van der Waals surface area contributed by atoms with Crippen LogP contribution in [0.2, 0.25) is 0 Å². The Morgan fingerprint density at radius 2 is 2.00 bits per heavy atom. The summed E-state index contributed by atoms with van der Waals surface area (Å²) < 4.78 is 74.9. The number of nitrogens with zero attached hydrogens (tertiary/aromatic N) is 5. The van der Waals surface area contributed by atoms with E-state index in [2.05, 4.69) is 31.7 Å². The van der Waals surface area contributed by atoms with Gasteiger partial charge in [0.15, 0.2) is 29.2 Å². The summed E-state index contributed by atoms with van der Waals surface area (Å²) in [5.41, 5.74) is -2.72. The average molecular weight is 653 g/mol. The van der Waals surface area contributed by atoms with Gasteiger partial charge in [-0.2, -0.15) is 15.1 Å². The molecule has 45 heavy (non-hydrogen) atoms. The van der Waals surface area contributed by atoms with Crippen LogP contribution in [0.1, 0.15) is 52.7 Å². The number of aliphatic hydroxyl groups excluding tert-OH is 1. The van der Waals surface area contributed by atoms with Crippen molar-refractivity contribution in [3.63, 3.8) is 0 Å². The number of ether oxygens (including phenoxy) is 3. The molecule has 0 radical (unpaired) electrons. The van der Waals surface area contributed by atoms with Gasteiger partial charge in [-0.3, -0.25) is 13.9 Å². The number of halogens is 2. The summed E-state index contributed by atoms with van der Waals surface area (Å²) in [6.45, 7) is 6.37. The topological polar surface area (TPSA) is 169 Å². The van der Waals surface area contributed by atoms with Gasteiger partial charge in [0.1, 0.15) is 24.5 Å². The van der Waals surface area contributed by atoms with Crippen LogP contribution >= 0.6 is 7.75 Å². The van der Waals surface area contributed by atoms with Gasteiger partial charge in [0.25, 0.3) is 11.8 Å². The summed E-state index contributed by atoms with van der Waals surface area (Å²) in [5, 5.41) is 13.3. The van der Waals surface area contributed by atoms with Crippen molar-refractivity contribution in [1.29, 1.82) is 0 Å². The van der Waals surface area contributed by atoms with Gasteiger partial charge < -0.3 is 23.8 Å². The summed E-state index contributed by atoms with van der Waals surface area (Å²) in [4.78, 5) is 28.9. The fourth-order valence-electron chi connectivity index (χ4n) is 5.17. The van der Waals surface area contributed by atoms with Crippen LogP contribution in [0.4, 0.5) is 14.7 Å². The number of fused-ring (bicyclic) bond motifs is 1. The van der Waals surface area contributed by atoms with Crippen LogP contribution in [0, 0.1) is 0 Å². The first kappa shape index (κ1) is 32.8. The van der Waals surface area contributed by atoms with Gasteiger partial charge in [-0.05, 0) is 65.3 Å². The SMILES string of the molecule is C=Nc1nc(OCC)c2ncn([C@@H]3O[C@](F)(COP(=O)(N[C@@H](C)C(=O)OC4CCCC4)Oc4ccccc4)[C@@H](O)[C@@]3(C)F)c2n1. The number of esters is 1. The van der Waals surface area contributed by atoms with Gasteiger partial charge in [0.2, 0.25) is 5.88 Å². The fourth-order valence-corrected chi connectivity index (χ4v) is 6.67. The average Bonchev–Trinajstić information content (AvgIpc) is 3.72. The molecule has 1 unspecified atom stereocenters. The van der Waals surface area contributed by atoms with Gasteiger partial charge in [-0.15, -0.1) is 0 Å². The highest BCUT2D eigenvalue weighted by molar-refractivity contribution is 7.52. The van der Waals surface area contributed by atoms with E-state index in [9.17, 15) is 14.5 Å². The Morgan fingerprint density at radius 1 is 1.29 bits per heavy atom. The highest BCUT2D eigenvalue weighted by Gasteiger charge is 2.65. The summed E-state index contributed by atoms with van der Waals surface area (Å²) >= 11 is 0. The predicted molar refractivity (Wildman–Crippen MR) is 157 cm³/mol. The molecular weight excluding hydrogens is 617 g/mol. The molecule has 14 nitrogen and oxygen atoms in total. The molecule has 1 saturated carbocycles. The fraction of sp³-hybridized carbons (Fsp3) is 0.536. The molecule has 2 N–H and O–H groups in total. The number of carbonyl (C=O) groups is 1. The largest absolute Gasteiger partial charge is 0.476 e. The van der Waals surface area contributed by atoms with E-state index in [0.717, 1.165) is 30.7 Å². The number of benzene rings is 1. The molecule has 5 rings (SSSR count). The number of carbonyl (C=O) groups excluding carboxylic acids is 1. The standard InChI is InChI=1S/C28H35F2N6O8P/c1-5-40-22-20-21(33-26(31-4)34-22)36(16-32-20)25-27(3,29)24(38)28(30,43-25)15-41-45(39,44-19-13-7-6-8-14-19)35-17(2)23(37)42-18-11-9-10-12-18/h6-8,13-14,16-18,24-25,38H,4-5,9-12,15H2,1-3H3,(H,35,39)/t17-,24-,25+,27+,28+,45?/m0/s1. The molecule has 2 aromatic heterocycles. The highest BCUT2D eigenvalue weighted by atomic mass is 31.2. The van der Waals surface area contributed by atoms with Crippen LogP contribution in [-0.2, 0) is 23.4 Å². The second kappa shape index (κ2) is 13.0. The van der Waals surface area contributed by atoms with Crippen LogP contribution in [0.25, 0.3) is 11.2 Å². The van der Waals surface area contributed by atoms with Crippen LogP contribution in [-0.4, -0.2) is 80.3 Å². The third kappa shape index (κ3) is 6.84. The Bertz CT molecular complexity index is 1570. The lowest BCUT2D eigenvalue weighted by Gasteiger charge is -2.28. The third-order valence-corrected chi connectivity index (χ3v) is 9.10. The number of hydrogen-bond acceptors (Lipinski definition) is 12. The molecule has 1 aliphatic carbocycles. The van der Waals surface area contributed by atoms with Crippen LogP contribution in [0.5, 0.6) is 11.6 Å². The molecule has 1 saturated heterocycles. The molecule has 2 aliphatic rings. The number of nitrogens with one attached hydrogen (secondary N) is 1. The zero-order valence-electron chi connectivity index (χ0n) is 25.0. The smallest absolute Gasteiger partial charge is 0.459 e. The summed E-state index contributed by atoms with van der Waals surface area (Å²) in [6, 6.07) is 6.61. The molecular formula is C28H35F2N6O8P. The monoisotopic (exact) mass is 652 g/mol. The van der Waals surface area contributed by atoms with Gasteiger partial charge in [0, 0.05) is 0 Å². The first-order valence-corrected chi connectivity index (χ1v) is 16.0. The lowest BCUT2D eigenvalue weighted by molar-refractivity contribution is -0.202. The normalized spacial score (nSPS) is 27.2. The maximum Gasteiger partial charge on any atom is 0.459 e. The number of aliphatic hydroxyl groups is 1. The van der Waals surface area contributed by atoms with E-state index in [1.807, 2.05) is 0 Å². The van der Waals surface area contributed by atoms with Gasteiger partial charge in [0.05, 0.1) is 12.9 Å². The minimum atomic E-state index is -4.58. The van der Waals surface area contributed by atoms with Crippen molar-refractivity contribution in [2.45, 2.75) is 82.5 Å². The second-order valence-electron chi connectivity index (χ2n) is 10.9. The van der Waals surface area contributed by atoms with E-state index in [0.29, 0.717) is 12.8 Å². The zero-order chi connectivity index (χ0) is 32.4. The minimum absolute atomic E-state index is 0.0308. The Kier molecular flexibility index (Phi) is 9.52. The molecule has 0 spiro atoms.